The zero-order valence-corrected chi connectivity index (χ0v) is 16.0. The third-order valence-corrected chi connectivity index (χ3v) is 4.79. The van der Waals surface area contributed by atoms with Crippen molar-refractivity contribution in [1.29, 1.82) is 0 Å². The summed E-state index contributed by atoms with van der Waals surface area (Å²) in [5.74, 6) is 1.76. The van der Waals surface area contributed by atoms with E-state index in [2.05, 4.69) is 35.0 Å². The lowest BCUT2D eigenvalue weighted by Crippen LogP contribution is -2.22. The minimum Gasteiger partial charge on any atom is -0.486 e. The average Bonchev–Trinajstić information content (AvgIpc) is 3.07. The normalized spacial score (nSPS) is 11.1. The quantitative estimate of drug-likeness (QED) is 0.577. The second kappa shape index (κ2) is 8.88. The SMILES string of the molecule is CCN(Cc1ccc(OCc2nccn2C)cc1)Cc1ccccc1Cl. The topological polar surface area (TPSA) is 30.3 Å². The first-order chi connectivity index (χ1) is 12.7. The molecule has 1 heterocycles. The summed E-state index contributed by atoms with van der Waals surface area (Å²) in [5, 5.41) is 0.823. The zero-order valence-electron chi connectivity index (χ0n) is 15.2. The molecule has 1 aromatic heterocycles. The Morgan fingerprint density at radius 1 is 1.08 bits per heavy atom. The number of imidazole rings is 1. The van der Waals surface area contributed by atoms with Gasteiger partial charge < -0.3 is 9.30 Å². The van der Waals surface area contributed by atoms with Gasteiger partial charge in [0.15, 0.2) is 0 Å². The maximum atomic E-state index is 6.29. The zero-order chi connectivity index (χ0) is 18.4. The van der Waals surface area contributed by atoms with Crippen molar-refractivity contribution in [3.8, 4) is 5.75 Å². The van der Waals surface area contributed by atoms with Crippen molar-refractivity contribution in [2.45, 2.75) is 26.6 Å². The van der Waals surface area contributed by atoms with Crippen LogP contribution in [-0.4, -0.2) is 21.0 Å². The number of rotatable bonds is 8. The first-order valence-electron chi connectivity index (χ1n) is 8.79. The highest BCUT2D eigenvalue weighted by molar-refractivity contribution is 6.31. The van der Waals surface area contributed by atoms with Gasteiger partial charge in [0, 0.05) is 37.6 Å². The first kappa shape index (κ1) is 18.5. The first-order valence-corrected chi connectivity index (χ1v) is 9.17. The van der Waals surface area contributed by atoms with Crippen LogP contribution in [0.4, 0.5) is 0 Å². The third kappa shape index (κ3) is 4.87. The van der Waals surface area contributed by atoms with E-state index in [0.29, 0.717) is 6.61 Å². The van der Waals surface area contributed by atoms with E-state index in [1.54, 1.807) is 6.20 Å². The van der Waals surface area contributed by atoms with E-state index in [9.17, 15) is 0 Å². The lowest BCUT2D eigenvalue weighted by Gasteiger charge is -2.21. The van der Waals surface area contributed by atoms with E-state index < -0.39 is 0 Å². The van der Waals surface area contributed by atoms with Crippen molar-refractivity contribution < 1.29 is 4.74 Å². The van der Waals surface area contributed by atoms with E-state index in [1.807, 2.05) is 48.1 Å². The van der Waals surface area contributed by atoms with Crippen LogP contribution in [0, 0.1) is 0 Å². The summed E-state index contributed by atoms with van der Waals surface area (Å²) in [4.78, 5) is 6.63. The molecular formula is C21H24ClN3O. The van der Waals surface area contributed by atoms with Gasteiger partial charge in [-0.3, -0.25) is 4.90 Å². The number of halogens is 1. The van der Waals surface area contributed by atoms with Crippen LogP contribution in [0.5, 0.6) is 5.75 Å². The van der Waals surface area contributed by atoms with Gasteiger partial charge in [0.05, 0.1) is 0 Å². The predicted molar refractivity (Wildman–Crippen MR) is 105 cm³/mol. The summed E-state index contributed by atoms with van der Waals surface area (Å²) in [6.45, 7) is 5.31. The Balaban J connectivity index is 1.57. The number of nitrogens with zero attached hydrogens (tertiary/aromatic N) is 3. The number of benzene rings is 2. The fraction of sp³-hybridized carbons (Fsp3) is 0.286. The number of ether oxygens (including phenoxy) is 1. The molecule has 0 amide bonds. The fourth-order valence-electron chi connectivity index (χ4n) is 2.78. The molecule has 0 saturated heterocycles. The van der Waals surface area contributed by atoms with Crippen LogP contribution < -0.4 is 4.74 Å². The van der Waals surface area contributed by atoms with Crippen molar-refractivity contribution >= 4 is 11.6 Å². The van der Waals surface area contributed by atoms with E-state index in [4.69, 9.17) is 16.3 Å². The smallest absolute Gasteiger partial charge is 0.146 e. The number of hydrogen-bond acceptors (Lipinski definition) is 3. The molecule has 0 radical (unpaired) electrons. The minimum atomic E-state index is 0.469. The van der Waals surface area contributed by atoms with Crippen molar-refractivity contribution in [3.63, 3.8) is 0 Å². The Bertz CT molecular complexity index is 829. The van der Waals surface area contributed by atoms with Crippen molar-refractivity contribution in [2.24, 2.45) is 7.05 Å². The highest BCUT2D eigenvalue weighted by Gasteiger charge is 2.08. The van der Waals surface area contributed by atoms with Gasteiger partial charge in [0.2, 0.25) is 0 Å². The second-order valence-electron chi connectivity index (χ2n) is 6.28. The largest absolute Gasteiger partial charge is 0.486 e. The summed E-state index contributed by atoms with van der Waals surface area (Å²) in [6.07, 6.45) is 3.69. The molecule has 3 rings (SSSR count). The molecule has 2 aromatic carbocycles. The van der Waals surface area contributed by atoms with Crippen LogP contribution >= 0.6 is 11.6 Å². The summed E-state index contributed by atoms with van der Waals surface area (Å²) >= 11 is 6.29. The van der Waals surface area contributed by atoms with Crippen LogP contribution in [0.15, 0.2) is 60.9 Å². The molecule has 0 atom stereocenters. The monoisotopic (exact) mass is 369 g/mol. The molecule has 4 nitrogen and oxygen atoms in total. The van der Waals surface area contributed by atoms with Gasteiger partial charge in [-0.25, -0.2) is 4.98 Å². The number of aryl methyl sites for hydroxylation is 1. The van der Waals surface area contributed by atoms with E-state index in [-0.39, 0.29) is 0 Å². The van der Waals surface area contributed by atoms with Crippen molar-refractivity contribution in [3.05, 3.63) is 82.9 Å². The third-order valence-electron chi connectivity index (χ3n) is 4.42. The Kier molecular flexibility index (Phi) is 6.31. The highest BCUT2D eigenvalue weighted by atomic mass is 35.5. The van der Waals surface area contributed by atoms with Crippen molar-refractivity contribution in [1.82, 2.24) is 14.5 Å². The second-order valence-corrected chi connectivity index (χ2v) is 6.69. The maximum absolute atomic E-state index is 6.29. The summed E-state index contributed by atoms with van der Waals surface area (Å²) in [5.41, 5.74) is 2.41. The van der Waals surface area contributed by atoms with Gasteiger partial charge in [-0.15, -0.1) is 0 Å². The van der Waals surface area contributed by atoms with Gasteiger partial charge >= 0.3 is 0 Å². The Morgan fingerprint density at radius 3 is 2.50 bits per heavy atom. The molecule has 0 saturated carbocycles. The van der Waals surface area contributed by atoms with Gasteiger partial charge in [0.1, 0.15) is 18.2 Å². The average molecular weight is 370 g/mol. The molecule has 26 heavy (non-hydrogen) atoms. The van der Waals surface area contributed by atoms with Gasteiger partial charge in [-0.05, 0) is 35.9 Å². The molecule has 0 fully saturated rings. The molecule has 0 bridgehead atoms. The van der Waals surface area contributed by atoms with Crippen LogP contribution in [0.2, 0.25) is 5.02 Å². The maximum Gasteiger partial charge on any atom is 0.146 e. The molecular weight excluding hydrogens is 346 g/mol. The Morgan fingerprint density at radius 2 is 1.85 bits per heavy atom. The lowest BCUT2D eigenvalue weighted by atomic mass is 10.1. The molecule has 0 N–H and O–H groups in total. The van der Waals surface area contributed by atoms with Crippen molar-refractivity contribution in [2.75, 3.05) is 6.54 Å². The van der Waals surface area contributed by atoms with E-state index >= 15 is 0 Å². The molecule has 0 unspecified atom stereocenters. The van der Waals surface area contributed by atoms with Gasteiger partial charge in [-0.1, -0.05) is 48.9 Å². The summed E-state index contributed by atoms with van der Waals surface area (Å²) in [7, 11) is 1.97. The molecule has 0 spiro atoms. The predicted octanol–water partition coefficient (Wildman–Crippen LogP) is 4.67. The molecule has 5 heteroatoms. The Labute approximate surface area is 160 Å². The number of hydrogen-bond donors (Lipinski definition) is 0. The van der Waals surface area contributed by atoms with Crippen LogP contribution in [0.3, 0.4) is 0 Å². The van der Waals surface area contributed by atoms with E-state index in [1.165, 1.54) is 5.56 Å². The summed E-state index contributed by atoms with van der Waals surface area (Å²) in [6, 6.07) is 16.3. The molecule has 0 aliphatic rings. The molecule has 0 aliphatic carbocycles. The van der Waals surface area contributed by atoms with Gasteiger partial charge in [-0.2, -0.15) is 0 Å². The number of aromatic nitrogens is 2. The summed E-state index contributed by atoms with van der Waals surface area (Å²) < 4.78 is 7.78. The van der Waals surface area contributed by atoms with E-state index in [0.717, 1.165) is 41.8 Å². The Hall–Kier alpha value is -2.30. The minimum absolute atomic E-state index is 0.469. The standard InChI is InChI=1S/C21H24ClN3O/c1-3-25(15-18-6-4-5-7-20(18)22)14-17-8-10-19(11-9-17)26-16-21-23-12-13-24(21)2/h4-13H,3,14-16H2,1-2H3. The van der Waals surface area contributed by atoms with Crippen LogP contribution in [-0.2, 0) is 26.7 Å². The highest BCUT2D eigenvalue weighted by Crippen LogP contribution is 2.19. The fourth-order valence-corrected chi connectivity index (χ4v) is 2.98. The van der Waals surface area contributed by atoms with Gasteiger partial charge in [0.25, 0.3) is 0 Å². The molecule has 3 aromatic rings. The van der Waals surface area contributed by atoms with Crippen LogP contribution in [0.25, 0.3) is 0 Å². The molecule has 0 aliphatic heterocycles. The van der Waals surface area contributed by atoms with Crippen LogP contribution in [0.1, 0.15) is 23.9 Å². The lowest BCUT2D eigenvalue weighted by molar-refractivity contribution is 0.270. The molecule has 136 valence electrons.